The minimum Gasteiger partial charge on any atom is -0.496 e. The number of rotatable bonds is 4. The van der Waals surface area contributed by atoms with Crippen LogP contribution in [-0.4, -0.2) is 53.9 Å². The summed E-state index contributed by atoms with van der Waals surface area (Å²) < 4.78 is 5.46. The van der Waals surface area contributed by atoms with Crippen molar-refractivity contribution in [1.29, 1.82) is 0 Å². The molecule has 0 radical (unpaired) electrons. The van der Waals surface area contributed by atoms with Gasteiger partial charge in [0.05, 0.1) is 12.7 Å². The molecule has 0 spiro atoms. The maximum Gasteiger partial charge on any atom is 0.258 e. The van der Waals surface area contributed by atoms with E-state index in [4.69, 9.17) is 4.74 Å². The number of hydrogen-bond acceptors (Lipinski definition) is 3. The highest BCUT2D eigenvalue weighted by Crippen LogP contribution is 2.42. The molecule has 2 amide bonds. The van der Waals surface area contributed by atoms with Crippen LogP contribution < -0.4 is 4.74 Å². The predicted molar refractivity (Wildman–Crippen MR) is 113 cm³/mol. The van der Waals surface area contributed by atoms with Crippen LogP contribution in [0.15, 0.2) is 24.3 Å². The smallest absolute Gasteiger partial charge is 0.258 e. The molecule has 4 rings (SSSR count). The molecule has 2 aliphatic carbocycles. The maximum atomic E-state index is 13.7. The minimum absolute atomic E-state index is 0.0488. The van der Waals surface area contributed by atoms with Crippen molar-refractivity contribution in [2.45, 2.75) is 82.3 Å². The molecule has 2 saturated carbocycles. The molecule has 0 N–H and O–H groups in total. The van der Waals surface area contributed by atoms with Crippen LogP contribution in [0.4, 0.5) is 0 Å². The highest BCUT2D eigenvalue weighted by atomic mass is 16.5. The quantitative estimate of drug-likeness (QED) is 0.761. The van der Waals surface area contributed by atoms with Crippen LogP contribution in [-0.2, 0) is 4.79 Å². The molecule has 1 heterocycles. The molecule has 29 heavy (non-hydrogen) atoms. The van der Waals surface area contributed by atoms with Crippen LogP contribution in [0.5, 0.6) is 5.75 Å². The van der Waals surface area contributed by atoms with Crippen molar-refractivity contribution in [2.75, 3.05) is 14.2 Å². The second-order valence-corrected chi connectivity index (χ2v) is 9.02. The van der Waals surface area contributed by atoms with E-state index in [1.54, 1.807) is 7.11 Å². The van der Waals surface area contributed by atoms with E-state index in [0.717, 1.165) is 38.5 Å². The van der Waals surface area contributed by atoms with Gasteiger partial charge in [0.1, 0.15) is 11.8 Å². The fourth-order valence-corrected chi connectivity index (χ4v) is 5.82. The average molecular weight is 399 g/mol. The predicted octanol–water partition coefficient (Wildman–Crippen LogP) is 4.26. The average Bonchev–Trinajstić information content (AvgIpc) is 3.17. The molecule has 1 aromatic rings. The number of ether oxygens (including phenoxy) is 1. The van der Waals surface area contributed by atoms with Crippen molar-refractivity contribution >= 4 is 11.8 Å². The molecule has 5 heteroatoms. The zero-order valence-corrected chi connectivity index (χ0v) is 17.8. The first kappa shape index (κ1) is 20.2. The Morgan fingerprint density at radius 1 is 1.00 bits per heavy atom. The second kappa shape index (κ2) is 8.76. The first-order valence-corrected chi connectivity index (χ1v) is 11.3. The third-order valence-corrected chi connectivity index (χ3v) is 7.42. The molecule has 3 aliphatic rings. The lowest BCUT2D eigenvalue weighted by Gasteiger charge is -2.37. The van der Waals surface area contributed by atoms with Gasteiger partial charge < -0.3 is 14.5 Å². The van der Waals surface area contributed by atoms with E-state index >= 15 is 0 Å². The van der Waals surface area contributed by atoms with Crippen LogP contribution >= 0.6 is 0 Å². The van der Waals surface area contributed by atoms with Crippen LogP contribution in [0.25, 0.3) is 0 Å². The Morgan fingerprint density at radius 3 is 2.45 bits per heavy atom. The molecule has 1 saturated heterocycles. The topological polar surface area (TPSA) is 49.9 Å². The summed E-state index contributed by atoms with van der Waals surface area (Å²) in [6, 6.07) is 7.55. The Kier molecular flexibility index (Phi) is 6.12. The Labute approximate surface area is 174 Å². The van der Waals surface area contributed by atoms with E-state index in [9.17, 15) is 9.59 Å². The summed E-state index contributed by atoms with van der Waals surface area (Å²) in [7, 11) is 3.55. The number of para-hydroxylation sites is 1. The molecule has 0 aromatic heterocycles. The monoisotopic (exact) mass is 398 g/mol. The number of likely N-dealkylation sites (N-methyl/N-ethyl adjacent to an activating group) is 1. The number of hydrogen-bond donors (Lipinski definition) is 0. The van der Waals surface area contributed by atoms with E-state index < -0.39 is 0 Å². The van der Waals surface area contributed by atoms with Gasteiger partial charge in [-0.3, -0.25) is 9.59 Å². The van der Waals surface area contributed by atoms with E-state index in [1.807, 2.05) is 41.1 Å². The van der Waals surface area contributed by atoms with Gasteiger partial charge in [0, 0.05) is 19.1 Å². The summed E-state index contributed by atoms with van der Waals surface area (Å²) in [6.45, 7) is 0. The fraction of sp³-hybridized carbons (Fsp3) is 0.667. The van der Waals surface area contributed by atoms with Crippen molar-refractivity contribution in [2.24, 2.45) is 5.92 Å². The lowest BCUT2D eigenvalue weighted by atomic mass is 9.84. The van der Waals surface area contributed by atoms with Crippen molar-refractivity contribution in [3.63, 3.8) is 0 Å². The standard InChI is InChI=1S/C24H34N2O3/c1-25(18-11-4-3-5-12-18)24(28)21-16-17-10-6-8-14-20(17)26(21)23(27)19-13-7-9-15-22(19)29-2/h7,9,13,15,17-18,20-21H,3-6,8,10-12,14,16H2,1-2H3/t17-,20-,21-/m0/s1. The molecular formula is C24H34N2O3. The third kappa shape index (κ3) is 3.88. The SMILES string of the molecule is COc1ccccc1C(=O)N1[C@H](C(=O)N(C)C2CCCCC2)C[C@@H]2CCCC[C@@H]21. The van der Waals surface area contributed by atoms with Crippen LogP contribution in [0.3, 0.4) is 0 Å². The van der Waals surface area contributed by atoms with Gasteiger partial charge in [0.25, 0.3) is 5.91 Å². The number of likely N-dealkylation sites (tertiary alicyclic amines) is 1. The van der Waals surface area contributed by atoms with E-state index in [1.165, 1.54) is 25.7 Å². The summed E-state index contributed by atoms with van der Waals surface area (Å²) in [5.74, 6) is 1.11. The molecule has 0 unspecified atom stereocenters. The first-order chi connectivity index (χ1) is 14.1. The number of fused-ring (bicyclic) bond motifs is 1. The van der Waals surface area contributed by atoms with E-state index in [2.05, 4.69) is 0 Å². The maximum absolute atomic E-state index is 13.7. The van der Waals surface area contributed by atoms with Crippen LogP contribution in [0, 0.1) is 5.92 Å². The van der Waals surface area contributed by atoms with Crippen molar-refractivity contribution in [1.82, 2.24) is 9.80 Å². The fourth-order valence-electron chi connectivity index (χ4n) is 5.82. The lowest BCUT2D eigenvalue weighted by Crippen LogP contribution is -2.52. The van der Waals surface area contributed by atoms with Gasteiger partial charge in [0.2, 0.25) is 5.91 Å². The van der Waals surface area contributed by atoms with Crippen molar-refractivity contribution in [3.05, 3.63) is 29.8 Å². The van der Waals surface area contributed by atoms with Crippen molar-refractivity contribution < 1.29 is 14.3 Å². The van der Waals surface area contributed by atoms with Gasteiger partial charge in [-0.2, -0.15) is 0 Å². The molecule has 1 aliphatic heterocycles. The summed E-state index contributed by atoms with van der Waals surface area (Å²) >= 11 is 0. The highest BCUT2D eigenvalue weighted by Gasteiger charge is 2.49. The zero-order chi connectivity index (χ0) is 20.4. The number of carbonyl (C=O) groups is 2. The largest absolute Gasteiger partial charge is 0.496 e. The lowest BCUT2D eigenvalue weighted by molar-refractivity contribution is -0.137. The summed E-state index contributed by atoms with van der Waals surface area (Å²) in [5.41, 5.74) is 0.569. The molecule has 3 fully saturated rings. The zero-order valence-electron chi connectivity index (χ0n) is 17.8. The van der Waals surface area contributed by atoms with E-state index in [-0.39, 0.29) is 23.9 Å². The summed E-state index contributed by atoms with van der Waals surface area (Å²) in [4.78, 5) is 31.2. The second-order valence-electron chi connectivity index (χ2n) is 9.02. The Hall–Kier alpha value is -2.04. The number of carbonyl (C=O) groups excluding carboxylic acids is 2. The summed E-state index contributed by atoms with van der Waals surface area (Å²) in [5, 5.41) is 0. The molecular weight excluding hydrogens is 364 g/mol. The minimum atomic E-state index is -0.340. The van der Waals surface area contributed by atoms with Gasteiger partial charge in [-0.15, -0.1) is 0 Å². The number of amides is 2. The molecule has 0 bridgehead atoms. The Balaban J connectivity index is 1.62. The molecule has 3 atom stereocenters. The Morgan fingerprint density at radius 2 is 1.69 bits per heavy atom. The van der Waals surface area contributed by atoms with Crippen LogP contribution in [0.2, 0.25) is 0 Å². The van der Waals surface area contributed by atoms with Crippen LogP contribution in [0.1, 0.15) is 74.6 Å². The van der Waals surface area contributed by atoms with Gasteiger partial charge in [0.15, 0.2) is 0 Å². The normalized spacial score (nSPS) is 27.4. The number of nitrogens with zero attached hydrogens (tertiary/aromatic N) is 2. The number of benzene rings is 1. The van der Waals surface area contributed by atoms with Gasteiger partial charge >= 0.3 is 0 Å². The summed E-state index contributed by atoms with van der Waals surface area (Å²) in [6.07, 6.45) is 11.1. The van der Waals surface area contributed by atoms with Crippen molar-refractivity contribution in [3.8, 4) is 5.75 Å². The van der Waals surface area contributed by atoms with Gasteiger partial charge in [-0.05, 0) is 50.2 Å². The van der Waals surface area contributed by atoms with Gasteiger partial charge in [-0.1, -0.05) is 44.2 Å². The highest BCUT2D eigenvalue weighted by molar-refractivity contribution is 6.00. The number of methoxy groups -OCH3 is 1. The molecule has 1 aromatic carbocycles. The third-order valence-electron chi connectivity index (χ3n) is 7.42. The molecule has 158 valence electrons. The van der Waals surface area contributed by atoms with E-state index in [0.29, 0.717) is 23.3 Å². The Bertz CT molecular complexity index is 743. The first-order valence-electron chi connectivity index (χ1n) is 11.3. The molecule has 5 nitrogen and oxygen atoms in total. The van der Waals surface area contributed by atoms with Gasteiger partial charge in [-0.25, -0.2) is 0 Å².